The predicted octanol–water partition coefficient (Wildman–Crippen LogP) is 4.82. The number of morpholine rings is 1. The fourth-order valence-electron chi connectivity index (χ4n) is 18.1. The molecule has 8 aliphatic rings. The Balaban J connectivity index is 1.21. The average molecular weight is 1550 g/mol. The number of likely N-dealkylation sites (N-methyl/N-ethyl adjacent to an activating group) is 6. The van der Waals surface area contributed by atoms with Gasteiger partial charge in [0.25, 0.3) is 0 Å². The van der Waals surface area contributed by atoms with Crippen LogP contribution < -0.4 is 16.0 Å². The maximum absolute atomic E-state index is 15.9. The molecule has 2 unspecified atom stereocenters. The van der Waals surface area contributed by atoms with E-state index in [1.54, 1.807) is 26.8 Å². The molecule has 0 aromatic carbocycles. The number of alkyl halides is 5. The molecule has 4 heterocycles. The molecule has 8 rings (SSSR count). The summed E-state index contributed by atoms with van der Waals surface area (Å²) in [6.45, 7) is 9.81. The van der Waals surface area contributed by atoms with E-state index in [4.69, 9.17) is 14.2 Å². The normalized spacial score (nSPS) is 33.0. The second kappa shape index (κ2) is 38.0. The minimum atomic E-state index is -5.18. The van der Waals surface area contributed by atoms with Crippen LogP contribution in [0.3, 0.4) is 0 Å². The van der Waals surface area contributed by atoms with E-state index < -0.39 is 224 Å². The highest BCUT2D eigenvalue weighted by Gasteiger charge is 2.60. The van der Waals surface area contributed by atoms with E-state index in [-0.39, 0.29) is 90.4 Å². The van der Waals surface area contributed by atoms with Crippen LogP contribution in [0.5, 0.6) is 0 Å². The van der Waals surface area contributed by atoms with Crippen LogP contribution in [0.15, 0.2) is 12.2 Å². The van der Waals surface area contributed by atoms with Crippen LogP contribution >= 0.6 is 0 Å². The summed E-state index contributed by atoms with van der Waals surface area (Å²) in [6, 6.07) is -11.0. The number of rotatable bonds is 13. The van der Waals surface area contributed by atoms with Crippen LogP contribution in [0, 0.1) is 40.9 Å². The minimum absolute atomic E-state index is 0.000233. The molecule has 1 spiro atoms. The average Bonchev–Trinajstić information content (AvgIpc) is 1.46. The monoisotopic (exact) mass is 1550 g/mol. The maximum Gasteiger partial charge on any atom is 0.397 e. The summed E-state index contributed by atoms with van der Waals surface area (Å²) in [5.74, 6) is -13.5. The number of carbonyl (C=O) groups is 12. The van der Waals surface area contributed by atoms with Gasteiger partial charge < -0.3 is 74.3 Å². The molecule has 0 aromatic heterocycles. The molecule has 3 saturated heterocycles. The zero-order valence-electron chi connectivity index (χ0n) is 66.2. The molecule has 12 atom stereocenters. The van der Waals surface area contributed by atoms with Crippen molar-refractivity contribution in [3.05, 3.63) is 12.2 Å². The summed E-state index contributed by atoms with van der Waals surface area (Å²) < 4.78 is 90.4. The topological polar surface area (TPSA) is 298 Å². The van der Waals surface area contributed by atoms with E-state index >= 15 is 47.1 Å². The SMILES string of the molecule is CCO[C@@H]1C[C@H]2C(=O)NC3(CC(C)(C)C3)C(=O)N(C)[C@@H](C3CCCC3)C(=O)N(C)[C@H](C(=O)N3CCOCC3)CC(=O)N(C)[C@@H](COC)C(=O)N[C@@H]([C@@H](C)CC)C(=O)N(C)CC(=O)N(C)[C@H]3C/C=C\CCN(C3=O)[C@@H](CC3CCC(C)CC3)C(=O)N(C)CC(=O)N[C@@H](CCC3CC(F)C(C(F)(F)F)C(F)C3)C(=O)N2C1. The Hall–Kier alpha value is -7.09. The van der Waals surface area contributed by atoms with Crippen molar-refractivity contribution in [3.8, 4) is 0 Å². The lowest BCUT2D eigenvalue weighted by Crippen LogP contribution is -2.71. The van der Waals surface area contributed by atoms with Gasteiger partial charge in [-0.15, -0.1) is 0 Å². The number of nitrogens with one attached hydrogen (secondary N) is 3. The molecule has 27 nitrogen and oxygen atoms in total. The van der Waals surface area contributed by atoms with Gasteiger partial charge in [0.2, 0.25) is 70.9 Å². The van der Waals surface area contributed by atoms with Crippen LogP contribution in [0.2, 0.25) is 0 Å². The van der Waals surface area contributed by atoms with E-state index in [2.05, 4.69) is 22.9 Å². The van der Waals surface area contributed by atoms with Crippen molar-refractivity contribution < 1.29 is 93.7 Å². The third-order valence-corrected chi connectivity index (χ3v) is 24.6. The van der Waals surface area contributed by atoms with E-state index in [1.165, 1.54) is 73.9 Å². The lowest BCUT2D eigenvalue weighted by molar-refractivity contribution is -0.219. The highest BCUT2D eigenvalue weighted by Crippen LogP contribution is 2.50. The largest absolute Gasteiger partial charge is 0.397 e. The molecule has 12 amide bonds. The first-order valence-electron chi connectivity index (χ1n) is 39.4. The van der Waals surface area contributed by atoms with Crippen molar-refractivity contribution in [3.63, 3.8) is 0 Å². The number of fused-ring (bicyclic) bond motifs is 3. The van der Waals surface area contributed by atoms with Gasteiger partial charge in [-0.3, -0.25) is 57.5 Å². The van der Waals surface area contributed by atoms with Gasteiger partial charge in [0.05, 0.1) is 45.4 Å². The summed E-state index contributed by atoms with van der Waals surface area (Å²) in [5, 5.41) is 8.58. The molecule has 7 fully saturated rings. The first-order valence-corrected chi connectivity index (χ1v) is 39.4. The molecule has 4 aliphatic carbocycles. The number of hydrogen-bond donors (Lipinski definition) is 3. The number of carbonyl (C=O) groups excluding carboxylic acids is 12. The van der Waals surface area contributed by atoms with Gasteiger partial charge in [-0.1, -0.05) is 91.7 Å². The highest BCUT2D eigenvalue weighted by molar-refractivity contribution is 6.01. The predicted molar refractivity (Wildman–Crippen MR) is 391 cm³/mol. The van der Waals surface area contributed by atoms with Crippen molar-refractivity contribution in [2.24, 2.45) is 40.9 Å². The lowest BCUT2D eigenvalue weighted by atomic mass is 9.58. The van der Waals surface area contributed by atoms with E-state index in [0.29, 0.717) is 44.4 Å². The highest BCUT2D eigenvalue weighted by atomic mass is 19.4. The summed E-state index contributed by atoms with van der Waals surface area (Å²) in [6.07, 6.45) is -4.23. The molecular weight excluding hydrogens is 1430 g/mol. The molecule has 2 bridgehead atoms. The maximum atomic E-state index is 15.9. The first-order chi connectivity index (χ1) is 51.4. The minimum Gasteiger partial charge on any atom is -0.382 e. The van der Waals surface area contributed by atoms with Gasteiger partial charge in [0, 0.05) is 88.6 Å². The molecule has 3 N–H and O–H groups in total. The summed E-state index contributed by atoms with van der Waals surface area (Å²) >= 11 is 0. The lowest BCUT2D eigenvalue weighted by Gasteiger charge is -2.54. The molecule has 32 heteroatoms. The molecule has 0 aromatic rings. The van der Waals surface area contributed by atoms with Gasteiger partial charge in [-0.2, -0.15) is 13.2 Å². The summed E-state index contributed by atoms with van der Waals surface area (Å²) in [7, 11) is 9.59. The van der Waals surface area contributed by atoms with Gasteiger partial charge in [0.1, 0.15) is 72.1 Å². The molecule has 4 aliphatic heterocycles. The van der Waals surface area contributed by atoms with Crippen molar-refractivity contribution in [2.45, 2.75) is 248 Å². The third-order valence-electron chi connectivity index (χ3n) is 24.6. The Kier molecular flexibility index (Phi) is 30.5. The third kappa shape index (κ3) is 21.2. The van der Waals surface area contributed by atoms with Gasteiger partial charge in [-0.05, 0) is 113 Å². The summed E-state index contributed by atoms with van der Waals surface area (Å²) in [4.78, 5) is 194. The van der Waals surface area contributed by atoms with Crippen LogP contribution in [0.25, 0.3) is 0 Å². The molecule has 4 saturated carbocycles. The zero-order valence-corrected chi connectivity index (χ0v) is 66.2. The van der Waals surface area contributed by atoms with E-state index in [9.17, 15) is 32.3 Å². The Morgan fingerprint density at radius 2 is 1.31 bits per heavy atom. The van der Waals surface area contributed by atoms with Crippen LogP contribution in [0.4, 0.5) is 22.0 Å². The van der Waals surface area contributed by atoms with Crippen molar-refractivity contribution >= 4 is 70.9 Å². The summed E-state index contributed by atoms with van der Waals surface area (Å²) in [5.41, 5.74) is -2.32. The Morgan fingerprint density at radius 1 is 0.679 bits per heavy atom. The number of halogens is 5. The number of methoxy groups -OCH3 is 1. The standard InChI is InChI=1S/C77H121F5N12O15/c1-14-47(4)64-72(104)87(8)42-62(97)88(9)55-23-17-16-20-30-93(71(55)103)58(37-48-26-24-46(3)25-27-48)69(101)86(7)41-60(95)83-54(29-28-49-35-52(78)63(53(79)36-49)77(80,81)82)68(100)94-40-51(109-15-2)38-56(94)67(99)85-76(44-75(5,6)45-76)74(106)91(12)65(50-21-18-19-22-50)73(105)90(11)57(70(102)92-31-33-108-34-32-92)39-61(96)89(10)59(43-107-13)66(98)84-64/h16-17,46-59,63-65H,14-15,18-45H2,1-13H3,(H,83,95)(H,84,98)(H,85,99)/b17-16-/t46?,47-,48?,49?,51+,52?,53?,54-,55-,56-,57-,58-,59-,63?,64-,65-/m0/s1. The number of amides is 12. The second-order valence-electron chi connectivity index (χ2n) is 33.2. The van der Waals surface area contributed by atoms with Crippen molar-refractivity contribution in [2.75, 3.05) is 115 Å². The van der Waals surface area contributed by atoms with Crippen molar-refractivity contribution in [1.29, 1.82) is 0 Å². The quantitative estimate of drug-likeness (QED) is 0.165. The number of hydrogen-bond acceptors (Lipinski definition) is 15. The molecule has 109 heavy (non-hydrogen) atoms. The van der Waals surface area contributed by atoms with E-state index in [1.807, 2.05) is 19.9 Å². The molecule has 0 radical (unpaired) electrons. The van der Waals surface area contributed by atoms with E-state index in [0.717, 1.165) is 45.3 Å². The number of nitrogens with zero attached hydrogens (tertiary/aromatic N) is 9. The number of ether oxygens (including phenoxy) is 3. The Morgan fingerprint density at radius 3 is 1.91 bits per heavy atom. The Bertz CT molecular complexity index is 3260. The fourth-order valence-corrected chi connectivity index (χ4v) is 18.1. The smallest absolute Gasteiger partial charge is 0.382 e. The second-order valence-corrected chi connectivity index (χ2v) is 33.2. The van der Waals surface area contributed by atoms with Crippen LogP contribution in [-0.2, 0) is 71.7 Å². The van der Waals surface area contributed by atoms with Gasteiger partial charge in [0.15, 0.2) is 0 Å². The van der Waals surface area contributed by atoms with Crippen LogP contribution in [-0.4, -0.2) is 309 Å². The van der Waals surface area contributed by atoms with Gasteiger partial charge >= 0.3 is 6.18 Å². The van der Waals surface area contributed by atoms with Crippen LogP contribution in [0.1, 0.15) is 170 Å². The van der Waals surface area contributed by atoms with Gasteiger partial charge in [-0.25, -0.2) is 8.78 Å². The van der Waals surface area contributed by atoms with Crippen molar-refractivity contribution in [1.82, 2.24) is 60.0 Å². The molecular formula is C77H121F5N12O15. The fraction of sp³-hybridized carbons (Fsp3) is 0.818. The molecule has 614 valence electrons. The first kappa shape index (κ1) is 87.5. The zero-order chi connectivity index (χ0) is 80.3. The Labute approximate surface area is 638 Å².